The minimum absolute atomic E-state index is 0.00950. The molecule has 2 rings (SSSR count). The van der Waals surface area contributed by atoms with Crippen LogP contribution in [0.4, 0.5) is 5.69 Å². The highest BCUT2D eigenvalue weighted by Crippen LogP contribution is 2.23. The van der Waals surface area contributed by atoms with E-state index in [9.17, 15) is 14.9 Å². The fraction of sp³-hybridized carbons (Fsp3) is 0.273. The van der Waals surface area contributed by atoms with Crippen LogP contribution < -0.4 is 10.2 Å². The van der Waals surface area contributed by atoms with E-state index in [0.29, 0.717) is 11.3 Å². The van der Waals surface area contributed by atoms with Gasteiger partial charge in [0, 0.05) is 17.7 Å². The van der Waals surface area contributed by atoms with E-state index >= 15 is 0 Å². The zero-order chi connectivity index (χ0) is 21.4. The molecule has 0 fully saturated rings. The van der Waals surface area contributed by atoms with Gasteiger partial charge in [-0.15, -0.1) is 6.42 Å². The van der Waals surface area contributed by atoms with E-state index in [-0.39, 0.29) is 30.0 Å². The molecule has 0 heterocycles. The molecular formula is C22H23N3O4. The Morgan fingerprint density at radius 3 is 2.55 bits per heavy atom. The third kappa shape index (κ3) is 6.47. The van der Waals surface area contributed by atoms with Gasteiger partial charge in [-0.25, -0.2) is 5.43 Å². The Bertz CT molecular complexity index is 952. The van der Waals surface area contributed by atoms with Gasteiger partial charge in [0.15, 0.2) is 0 Å². The van der Waals surface area contributed by atoms with Crippen LogP contribution in [0.15, 0.2) is 47.6 Å². The second-order valence-electron chi connectivity index (χ2n) is 7.39. The predicted molar refractivity (Wildman–Crippen MR) is 112 cm³/mol. The van der Waals surface area contributed by atoms with Crippen LogP contribution in [-0.4, -0.2) is 23.7 Å². The lowest BCUT2D eigenvalue weighted by Crippen LogP contribution is -2.20. The van der Waals surface area contributed by atoms with E-state index in [1.54, 1.807) is 0 Å². The number of terminal acetylenes is 1. The number of nitro groups is 1. The molecule has 0 aliphatic carbocycles. The average Bonchev–Trinajstić information content (AvgIpc) is 2.66. The summed E-state index contributed by atoms with van der Waals surface area (Å²) >= 11 is 0. The fourth-order valence-corrected chi connectivity index (χ4v) is 2.52. The van der Waals surface area contributed by atoms with Gasteiger partial charge in [-0.1, -0.05) is 51.0 Å². The Labute approximate surface area is 169 Å². The summed E-state index contributed by atoms with van der Waals surface area (Å²) in [5.41, 5.74) is 4.73. The van der Waals surface area contributed by atoms with Gasteiger partial charge in [0.1, 0.15) is 12.4 Å². The highest BCUT2D eigenvalue weighted by Gasteiger charge is 2.13. The Morgan fingerprint density at radius 1 is 1.28 bits per heavy atom. The molecule has 150 valence electrons. The average molecular weight is 393 g/mol. The molecule has 0 saturated carbocycles. The molecule has 0 unspecified atom stereocenters. The summed E-state index contributed by atoms with van der Waals surface area (Å²) in [5, 5.41) is 14.9. The lowest BCUT2D eigenvalue weighted by atomic mass is 9.86. The number of amides is 1. The molecule has 0 aliphatic rings. The number of hydrogen-bond acceptors (Lipinski definition) is 5. The van der Waals surface area contributed by atoms with Gasteiger partial charge in [-0.3, -0.25) is 14.9 Å². The number of nitrogens with one attached hydrogen (secondary N) is 1. The lowest BCUT2D eigenvalue weighted by molar-refractivity contribution is -0.384. The molecule has 29 heavy (non-hydrogen) atoms. The highest BCUT2D eigenvalue weighted by atomic mass is 16.6. The Kier molecular flexibility index (Phi) is 7.10. The largest absolute Gasteiger partial charge is 0.480 e. The maximum Gasteiger partial charge on any atom is 0.270 e. The van der Waals surface area contributed by atoms with Crippen LogP contribution in [-0.2, 0) is 16.6 Å². The van der Waals surface area contributed by atoms with Crippen LogP contribution in [0, 0.1) is 22.5 Å². The number of hydrogen-bond donors (Lipinski definition) is 1. The highest BCUT2D eigenvalue weighted by molar-refractivity contribution is 5.86. The van der Waals surface area contributed by atoms with Gasteiger partial charge in [0.05, 0.1) is 17.6 Å². The minimum Gasteiger partial charge on any atom is -0.480 e. The van der Waals surface area contributed by atoms with E-state index in [2.05, 4.69) is 37.2 Å². The van der Waals surface area contributed by atoms with Gasteiger partial charge in [0.2, 0.25) is 5.91 Å². The first-order valence-electron chi connectivity index (χ1n) is 8.96. The SMILES string of the molecule is C#CCOc1ccc([N+](=O)[O-])cc1/C=N\NC(=O)Cc1ccc(C(C)(C)C)cc1. The molecule has 1 N–H and O–H groups in total. The van der Waals surface area contributed by atoms with Crippen molar-refractivity contribution in [3.05, 3.63) is 69.3 Å². The monoisotopic (exact) mass is 393 g/mol. The molecule has 7 heteroatoms. The van der Waals surface area contributed by atoms with E-state index < -0.39 is 4.92 Å². The van der Waals surface area contributed by atoms with Crippen molar-refractivity contribution in [2.24, 2.45) is 5.10 Å². The zero-order valence-corrected chi connectivity index (χ0v) is 16.6. The number of carbonyl (C=O) groups excluding carboxylic acids is 1. The Balaban J connectivity index is 2.04. The number of nitrogens with zero attached hydrogens (tertiary/aromatic N) is 2. The Hall–Kier alpha value is -3.66. The smallest absolute Gasteiger partial charge is 0.270 e. The van der Waals surface area contributed by atoms with Crippen molar-refractivity contribution in [2.75, 3.05) is 6.61 Å². The standard InChI is InChI=1S/C22H23N3O4/c1-5-12-29-20-11-10-19(25(27)28)14-17(20)15-23-24-21(26)13-16-6-8-18(9-7-16)22(2,3)4/h1,6-11,14-15H,12-13H2,2-4H3,(H,24,26)/b23-15-. The van der Waals surface area contributed by atoms with E-state index in [0.717, 1.165) is 5.56 Å². The van der Waals surface area contributed by atoms with Gasteiger partial charge in [-0.2, -0.15) is 5.10 Å². The quantitative estimate of drug-likeness (QED) is 0.337. The normalized spacial score (nSPS) is 11.1. The molecule has 0 radical (unpaired) electrons. The summed E-state index contributed by atoms with van der Waals surface area (Å²) in [6.45, 7) is 6.38. The molecule has 0 spiro atoms. The number of nitro benzene ring substituents is 1. The van der Waals surface area contributed by atoms with Crippen LogP contribution in [0.3, 0.4) is 0 Å². The zero-order valence-electron chi connectivity index (χ0n) is 16.6. The van der Waals surface area contributed by atoms with Gasteiger partial charge >= 0.3 is 0 Å². The summed E-state index contributed by atoms with van der Waals surface area (Å²) < 4.78 is 5.35. The number of benzene rings is 2. The molecule has 2 aromatic rings. The van der Waals surface area contributed by atoms with E-state index in [4.69, 9.17) is 11.2 Å². The van der Waals surface area contributed by atoms with Gasteiger partial charge < -0.3 is 4.74 Å². The van der Waals surface area contributed by atoms with E-state index in [1.807, 2.05) is 24.3 Å². The number of ether oxygens (including phenoxy) is 1. The summed E-state index contributed by atoms with van der Waals surface area (Å²) in [7, 11) is 0. The van der Waals surface area contributed by atoms with Gasteiger partial charge in [-0.05, 0) is 22.6 Å². The number of rotatable bonds is 7. The van der Waals surface area contributed by atoms with E-state index in [1.165, 1.54) is 30.0 Å². The number of non-ortho nitro benzene ring substituents is 1. The number of hydrazone groups is 1. The van der Waals surface area contributed by atoms with Crippen LogP contribution in [0.1, 0.15) is 37.5 Å². The maximum atomic E-state index is 12.1. The molecule has 0 aliphatic heterocycles. The molecular weight excluding hydrogens is 370 g/mol. The fourth-order valence-electron chi connectivity index (χ4n) is 2.52. The minimum atomic E-state index is -0.526. The molecule has 0 aromatic heterocycles. The van der Waals surface area contributed by atoms with Crippen LogP contribution in [0.2, 0.25) is 0 Å². The third-order valence-electron chi connectivity index (χ3n) is 4.09. The number of carbonyl (C=O) groups is 1. The van der Waals surface area contributed by atoms with Crippen LogP contribution >= 0.6 is 0 Å². The second kappa shape index (κ2) is 9.51. The van der Waals surface area contributed by atoms with Crippen molar-refractivity contribution in [2.45, 2.75) is 32.6 Å². The van der Waals surface area contributed by atoms with Crippen molar-refractivity contribution in [3.63, 3.8) is 0 Å². The molecule has 1 amide bonds. The van der Waals surface area contributed by atoms with Crippen molar-refractivity contribution in [1.29, 1.82) is 0 Å². The molecule has 7 nitrogen and oxygen atoms in total. The summed E-state index contributed by atoms with van der Waals surface area (Å²) in [6, 6.07) is 11.9. The first kappa shape index (κ1) is 21.6. The summed E-state index contributed by atoms with van der Waals surface area (Å²) in [6.07, 6.45) is 6.63. The maximum absolute atomic E-state index is 12.1. The molecule has 2 aromatic carbocycles. The Morgan fingerprint density at radius 2 is 1.97 bits per heavy atom. The third-order valence-corrected chi connectivity index (χ3v) is 4.09. The molecule has 0 saturated heterocycles. The van der Waals surface area contributed by atoms with Crippen LogP contribution in [0.5, 0.6) is 5.75 Å². The molecule has 0 bridgehead atoms. The van der Waals surface area contributed by atoms with Crippen molar-refractivity contribution < 1.29 is 14.5 Å². The molecule has 0 atom stereocenters. The summed E-state index contributed by atoms with van der Waals surface area (Å²) in [4.78, 5) is 22.6. The van der Waals surface area contributed by atoms with Crippen molar-refractivity contribution >= 4 is 17.8 Å². The predicted octanol–water partition coefficient (Wildman–Crippen LogP) is 3.60. The first-order valence-corrected chi connectivity index (χ1v) is 8.96. The first-order chi connectivity index (χ1) is 13.7. The van der Waals surface area contributed by atoms with Gasteiger partial charge in [0.25, 0.3) is 5.69 Å². The lowest BCUT2D eigenvalue weighted by Gasteiger charge is -2.19. The van der Waals surface area contributed by atoms with Crippen molar-refractivity contribution in [1.82, 2.24) is 5.43 Å². The van der Waals surface area contributed by atoms with Crippen LogP contribution in [0.25, 0.3) is 0 Å². The summed E-state index contributed by atoms with van der Waals surface area (Å²) in [5.74, 6) is 2.36. The second-order valence-corrected chi connectivity index (χ2v) is 7.39. The van der Waals surface area contributed by atoms with Crippen molar-refractivity contribution in [3.8, 4) is 18.1 Å². The topological polar surface area (TPSA) is 93.8 Å².